The number of carbonyl (C=O) groups excluding carboxylic acids is 1. The van der Waals surface area contributed by atoms with Crippen molar-refractivity contribution in [1.29, 1.82) is 0 Å². The van der Waals surface area contributed by atoms with Gasteiger partial charge in [-0.2, -0.15) is 0 Å². The summed E-state index contributed by atoms with van der Waals surface area (Å²) < 4.78 is 34.2. The van der Waals surface area contributed by atoms with E-state index in [-0.39, 0.29) is 9.77 Å². The van der Waals surface area contributed by atoms with E-state index in [1.807, 2.05) is 30.3 Å². The summed E-state index contributed by atoms with van der Waals surface area (Å²) in [6.07, 6.45) is 0. The highest BCUT2D eigenvalue weighted by Gasteiger charge is 2.30. The number of methoxy groups -OCH3 is 1. The second-order valence-electron chi connectivity index (χ2n) is 5.50. The second-order valence-corrected chi connectivity index (χ2v) is 8.20. The van der Waals surface area contributed by atoms with Crippen LogP contribution in [0.2, 0.25) is 0 Å². The van der Waals surface area contributed by atoms with Crippen LogP contribution in [0.5, 0.6) is 0 Å². The summed E-state index contributed by atoms with van der Waals surface area (Å²) in [5.41, 5.74) is 0.838. The minimum Gasteiger partial charge on any atom is -0.465 e. The van der Waals surface area contributed by atoms with Crippen LogP contribution >= 0.6 is 11.3 Å². The molecule has 1 aromatic heterocycles. The number of ether oxygens (including phenoxy) is 1. The van der Waals surface area contributed by atoms with E-state index >= 15 is 0 Å². The third kappa shape index (κ3) is 3.44. The largest absolute Gasteiger partial charge is 0.465 e. The van der Waals surface area contributed by atoms with Gasteiger partial charge in [0.05, 0.1) is 7.11 Å². The topological polar surface area (TPSA) is 72.5 Å². The molecule has 1 N–H and O–H groups in total. The number of carbonyl (C=O) groups is 1. The maximum absolute atomic E-state index is 13.0. The second kappa shape index (κ2) is 6.95. The van der Waals surface area contributed by atoms with Gasteiger partial charge in [-0.05, 0) is 18.6 Å². The SMILES string of the molecule is COC(=O)c1sc2ccccc2c1S(=O)(=O)N[C@@H](C)c1ccccc1. The van der Waals surface area contributed by atoms with Crippen molar-refractivity contribution in [3.8, 4) is 0 Å². The number of hydrogen-bond acceptors (Lipinski definition) is 5. The zero-order chi connectivity index (χ0) is 18.0. The average Bonchev–Trinajstić information content (AvgIpc) is 3.02. The van der Waals surface area contributed by atoms with E-state index < -0.39 is 22.0 Å². The summed E-state index contributed by atoms with van der Waals surface area (Å²) >= 11 is 1.11. The molecule has 0 spiro atoms. The van der Waals surface area contributed by atoms with Crippen LogP contribution in [0.15, 0.2) is 59.5 Å². The Labute approximate surface area is 150 Å². The van der Waals surface area contributed by atoms with Crippen LogP contribution in [0.25, 0.3) is 10.1 Å². The minimum absolute atomic E-state index is 0.0252. The molecule has 1 atom stereocenters. The van der Waals surface area contributed by atoms with E-state index in [2.05, 4.69) is 4.72 Å². The Hall–Kier alpha value is -2.22. The van der Waals surface area contributed by atoms with Gasteiger partial charge < -0.3 is 4.74 Å². The number of sulfonamides is 1. The normalized spacial score (nSPS) is 12.9. The van der Waals surface area contributed by atoms with Crippen molar-refractivity contribution in [3.05, 3.63) is 65.0 Å². The Morgan fingerprint density at radius 1 is 1.08 bits per heavy atom. The highest BCUT2D eigenvalue weighted by molar-refractivity contribution is 7.90. The molecule has 0 bridgehead atoms. The number of fused-ring (bicyclic) bond motifs is 1. The molecule has 0 amide bonds. The van der Waals surface area contributed by atoms with E-state index in [0.29, 0.717) is 5.39 Å². The van der Waals surface area contributed by atoms with Crippen molar-refractivity contribution < 1.29 is 17.9 Å². The first kappa shape index (κ1) is 17.6. The molecule has 0 fully saturated rings. The molecule has 0 saturated carbocycles. The van der Waals surface area contributed by atoms with Gasteiger partial charge in [0.15, 0.2) is 0 Å². The van der Waals surface area contributed by atoms with Gasteiger partial charge in [0.25, 0.3) is 0 Å². The number of thiophene rings is 1. The Morgan fingerprint density at radius 3 is 2.40 bits per heavy atom. The molecule has 0 aliphatic heterocycles. The van der Waals surface area contributed by atoms with Gasteiger partial charge in [0.2, 0.25) is 10.0 Å². The predicted molar refractivity (Wildman–Crippen MR) is 98.3 cm³/mol. The van der Waals surface area contributed by atoms with Gasteiger partial charge in [0.1, 0.15) is 9.77 Å². The molecule has 1 heterocycles. The van der Waals surface area contributed by atoms with Crippen molar-refractivity contribution in [1.82, 2.24) is 4.72 Å². The minimum atomic E-state index is -3.92. The molecule has 3 aromatic rings. The van der Waals surface area contributed by atoms with Crippen molar-refractivity contribution in [3.63, 3.8) is 0 Å². The fraction of sp³-hybridized carbons (Fsp3) is 0.167. The zero-order valence-electron chi connectivity index (χ0n) is 13.7. The van der Waals surface area contributed by atoms with E-state index in [9.17, 15) is 13.2 Å². The quantitative estimate of drug-likeness (QED) is 0.690. The van der Waals surface area contributed by atoms with E-state index in [1.165, 1.54) is 7.11 Å². The monoisotopic (exact) mass is 375 g/mol. The van der Waals surface area contributed by atoms with Gasteiger partial charge in [-0.1, -0.05) is 48.5 Å². The lowest BCUT2D eigenvalue weighted by Gasteiger charge is -2.15. The maximum Gasteiger partial charge on any atom is 0.349 e. The molecule has 0 saturated heterocycles. The van der Waals surface area contributed by atoms with E-state index in [4.69, 9.17) is 4.74 Å². The molecular weight excluding hydrogens is 358 g/mol. The number of nitrogens with one attached hydrogen (secondary N) is 1. The summed E-state index contributed by atoms with van der Waals surface area (Å²) in [6.45, 7) is 1.76. The summed E-state index contributed by atoms with van der Waals surface area (Å²) in [5, 5.41) is 0.515. The summed E-state index contributed by atoms with van der Waals surface area (Å²) in [4.78, 5) is 12.2. The molecule has 7 heteroatoms. The van der Waals surface area contributed by atoms with Crippen LogP contribution in [0.1, 0.15) is 28.2 Å². The third-order valence-corrected chi connectivity index (χ3v) is 6.73. The van der Waals surface area contributed by atoms with Crippen LogP contribution < -0.4 is 4.72 Å². The summed E-state index contributed by atoms with van der Waals surface area (Å²) in [6, 6.07) is 15.8. The predicted octanol–water partition coefficient (Wildman–Crippen LogP) is 3.73. The van der Waals surface area contributed by atoms with Crippen molar-refractivity contribution >= 4 is 37.4 Å². The first-order valence-electron chi connectivity index (χ1n) is 7.61. The van der Waals surface area contributed by atoms with Crippen LogP contribution in [0, 0.1) is 0 Å². The molecule has 0 radical (unpaired) electrons. The highest BCUT2D eigenvalue weighted by Crippen LogP contribution is 2.35. The van der Waals surface area contributed by atoms with Crippen LogP contribution in [-0.2, 0) is 14.8 Å². The number of hydrogen-bond donors (Lipinski definition) is 1. The zero-order valence-corrected chi connectivity index (χ0v) is 15.4. The number of benzene rings is 2. The lowest BCUT2D eigenvalue weighted by molar-refractivity contribution is 0.0602. The molecule has 2 aromatic carbocycles. The molecule has 0 aliphatic carbocycles. The van der Waals surface area contributed by atoms with Crippen molar-refractivity contribution in [2.45, 2.75) is 17.9 Å². The van der Waals surface area contributed by atoms with Gasteiger partial charge in [-0.25, -0.2) is 17.9 Å². The van der Waals surface area contributed by atoms with Gasteiger partial charge >= 0.3 is 5.97 Å². The van der Waals surface area contributed by atoms with Gasteiger partial charge in [-0.15, -0.1) is 11.3 Å². The lowest BCUT2D eigenvalue weighted by Crippen LogP contribution is -2.28. The number of esters is 1. The average molecular weight is 375 g/mol. The first-order valence-corrected chi connectivity index (χ1v) is 9.91. The Bertz CT molecular complexity index is 1010. The molecular formula is C18H17NO4S2. The molecule has 130 valence electrons. The fourth-order valence-electron chi connectivity index (χ4n) is 2.62. The van der Waals surface area contributed by atoms with E-state index in [0.717, 1.165) is 21.6 Å². The molecule has 0 aliphatic rings. The molecule has 25 heavy (non-hydrogen) atoms. The smallest absolute Gasteiger partial charge is 0.349 e. The third-order valence-electron chi connectivity index (χ3n) is 3.82. The van der Waals surface area contributed by atoms with Gasteiger partial charge in [0, 0.05) is 16.1 Å². The Morgan fingerprint density at radius 2 is 1.72 bits per heavy atom. The number of rotatable bonds is 5. The summed E-state index contributed by atoms with van der Waals surface area (Å²) in [5.74, 6) is -0.658. The summed E-state index contributed by atoms with van der Waals surface area (Å²) in [7, 11) is -2.68. The van der Waals surface area contributed by atoms with E-state index in [1.54, 1.807) is 31.2 Å². The maximum atomic E-state index is 13.0. The first-order chi connectivity index (χ1) is 11.9. The van der Waals surface area contributed by atoms with Crippen LogP contribution in [-0.4, -0.2) is 21.5 Å². The lowest BCUT2D eigenvalue weighted by atomic mass is 10.1. The van der Waals surface area contributed by atoms with Gasteiger partial charge in [-0.3, -0.25) is 0 Å². The van der Waals surface area contributed by atoms with Crippen molar-refractivity contribution in [2.75, 3.05) is 7.11 Å². The van der Waals surface area contributed by atoms with Crippen LogP contribution in [0.4, 0.5) is 0 Å². The highest BCUT2D eigenvalue weighted by atomic mass is 32.2. The van der Waals surface area contributed by atoms with Crippen molar-refractivity contribution in [2.24, 2.45) is 0 Å². The fourth-order valence-corrected chi connectivity index (χ4v) is 5.67. The molecule has 0 unspecified atom stereocenters. The van der Waals surface area contributed by atoms with Crippen LogP contribution in [0.3, 0.4) is 0 Å². The Balaban J connectivity index is 2.09. The Kier molecular flexibility index (Phi) is 4.89. The standard InChI is InChI=1S/C18H17NO4S2/c1-12(13-8-4-3-5-9-13)19-25(21,22)17-14-10-6-7-11-15(14)24-16(17)18(20)23-2/h3-12,19H,1-2H3/t12-/m0/s1. The molecule has 5 nitrogen and oxygen atoms in total. The molecule has 3 rings (SSSR count).